The van der Waals surface area contributed by atoms with E-state index in [4.69, 9.17) is 0 Å². The monoisotopic (exact) mass is 382 g/mol. The van der Waals surface area contributed by atoms with Crippen LogP contribution in [0.25, 0.3) is 5.69 Å². The van der Waals surface area contributed by atoms with E-state index in [1.165, 1.54) is 18.4 Å². The molecule has 1 unspecified atom stereocenters. The van der Waals surface area contributed by atoms with Gasteiger partial charge in [0.1, 0.15) is 5.82 Å². The van der Waals surface area contributed by atoms with Gasteiger partial charge in [0, 0.05) is 42.8 Å². The highest BCUT2D eigenvalue weighted by Gasteiger charge is 2.37. The first-order valence-corrected chi connectivity index (χ1v) is 10.3. The van der Waals surface area contributed by atoms with E-state index in [1.807, 2.05) is 19.3 Å². The quantitative estimate of drug-likeness (QED) is 0.697. The Morgan fingerprint density at radius 2 is 2.04 bits per heavy atom. The molecular weight excluding hydrogens is 352 g/mol. The lowest BCUT2D eigenvalue weighted by atomic mass is 9.84. The van der Waals surface area contributed by atoms with Gasteiger partial charge in [-0.15, -0.1) is 0 Å². The van der Waals surface area contributed by atoms with Gasteiger partial charge in [-0.1, -0.05) is 12.1 Å². The van der Waals surface area contributed by atoms with E-state index in [2.05, 4.69) is 51.0 Å². The molecule has 6 nitrogen and oxygen atoms in total. The maximum Gasteiger partial charge on any atom is 0.317 e. The van der Waals surface area contributed by atoms with Crippen molar-refractivity contribution in [1.29, 1.82) is 0 Å². The summed E-state index contributed by atoms with van der Waals surface area (Å²) in [6, 6.07) is 9.77. The molecule has 1 atom stereocenters. The molecule has 0 amide bonds. The van der Waals surface area contributed by atoms with E-state index < -0.39 is 5.97 Å². The van der Waals surface area contributed by atoms with Crippen molar-refractivity contribution in [1.82, 2.24) is 19.8 Å². The summed E-state index contributed by atoms with van der Waals surface area (Å²) < 4.78 is 2.08. The molecule has 0 radical (unpaired) electrons. The number of rotatable bonds is 9. The number of carbonyl (C=O) groups is 1. The summed E-state index contributed by atoms with van der Waals surface area (Å²) in [5.74, 6) is 0.998. The summed E-state index contributed by atoms with van der Waals surface area (Å²) in [6.07, 6.45) is 8.39. The van der Waals surface area contributed by atoms with Crippen LogP contribution in [0.3, 0.4) is 0 Å². The van der Waals surface area contributed by atoms with Crippen LogP contribution in [0.5, 0.6) is 0 Å². The predicted octanol–water partition coefficient (Wildman–Crippen LogP) is 3.16. The van der Waals surface area contributed by atoms with Crippen molar-refractivity contribution in [2.75, 3.05) is 13.1 Å². The average molecular weight is 383 g/mol. The Morgan fingerprint density at radius 1 is 1.32 bits per heavy atom. The van der Waals surface area contributed by atoms with Crippen LogP contribution in [0.1, 0.15) is 50.0 Å². The summed E-state index contributed by atoms with van der Waals surface area (Å²) in [7, 11) is 0. The Balaban J connectivity index is 1.29. The number of imidazole rings is 1. The van der Waals surface area contributed by atoms with Gasteiger partial charge in [-0.3, -0.25) is 9.69 Å². The minimum Gasteiger partial charge on any atom is -0.480 e. The van der Waals surface area contributed by atoms with E-state index >= 15 is 0 Å². The van der Waals surface area contributed by atoms with Crippen molar-refractivity contribution in [2.24, 2.45) is 5.92 Å². The smallest absolute Gasteiger partial charge is 0.317 e. The summed E-state index contributed by atoms with van der Waals surface area (Å²) in [5.41, 5.74) is 2.39. The van der Waals surface area contributed by atoms with Gasteiger partial charge in [-0.05, 0) is 63.1 Å². The van der Waals surface area contributed by atoms with Crippen LogP contribution in [0.2, 0.25) is 0 Å². The number of hydrogen-bond donors (Lipinski definition) is 2. The Morgan fingerprint density at radius 3 is 2.61 bits per heavy atom. The summed E-state index contributed by atoms with van der Waals surface area (Å²) in [4.78, 5) is 17.6. The molecule has 2 aliphatic carbocycles. The highest BCUT2D eigenvalue weighted by atomic mass is 16.4. The topological polar surface area (TPSA) is 70.4 Å². The van der Waals surface area contributed by atoms with Crippen molar-refractivity contribution in [3.63, 3.8) is 0 Å². The maximum absolute atomic E-state index is 11.2. The minimum atomic E-state index is -0.710. The molecule has 150 valence electrons. The molecule has 0 bridgehead atoms. The van der Waals surface area contributed by atoms with E-state index in [1.54, 1.807) is 0 Å². The van der Waals surface area contributed by atoms with Crippen molar-refractivity contribution in [2.45, 2.75) is 57.7 Å². The second-order valence-electron chi connectivity index (χ2n) is 8.41. The SMILES string of the molecule is Cc1nccn1-c1ccc(C(C)NC2CC(N(CC(=O)O)CC3CC3)C2)cc1. The Bertz CT molecular complexity index is 806. The van der Waals surface area contributed by atoms with Crippen molar-refractivity contribution in [3.8, 4) is 5.69 Å². The molecule has 2 N–H and O–H groups in total. The lowest BCUT2D eigenvalue weighted by Crippen LogP contribution is -2.54. The van der Waals surface area contributed by atoms with Crippen molar-refractivity contribution < 1.29 is 9.90 Å². The summed E-state index contributed by atoms with van der Waals surface area (Å²) >= 11 is 0. The fourth-order valence-corrected chi connectivity index (χ4v) is 4.19. The number of benzene rings is 1. The molecule has 1 aromatic heterocycles. The number of hydrogen-bond acceptors (Lipinski definition) is 4. The normalized spacial score (nSPS) is 22.8. The van der Waals surface area contributed by atoms with Crippen LogP contribution < -0.4 is 5.32 Å². The molecule has 1 heterocycles. The lowest BCUT2D eigenvalue weighted by molar-refractivity contribution is -0.139. The minimum absolute atomic E-state index is 0.179. The molecule has 0 aliphatic heterocycles. The zero-order chi connectivity index (χ0) is 19.7. The molecular formula is C22H30N4O2. The first-order valence-electron chi connectivity index (χ1n) is 10.3. The number of carboxylic acids is 1. The highest BCUT2D eigenvalue weighted by molar-refractivity contribution is 5.69. The number of aromatic nitrogens is 2. The van der Waals surface area contributed by atoms with E-state index in [0.717, 1.165) is 36.8 Å². The number of nitrogens with one attached hydrogen (secondary N) is 1. The predicted molar refractivity (Wildman–Crippen MR) is 109 cm³/mol. The fraction of sp³-hybridized carbons (Fsp3) is 0.545. The van der Waals surface area contributed by atoms with Gasteiger partial charge >= 0.3 is 5.97 Å². The zero-order valence-electron chi connectivity index (χ0n) is 16.7. The van der Waals surface area contributed by atoms with Crippen LogP contribution >= 0.6 is 0 Å². The molecule has 28 heavy (non-hydrogen) atoms. The molecule has 0 spiro atoms. The van der Waals surface area contributed by atoms with Crippen LogP contribution in [0.4, 0.5) is 0 Å². The number of nitrogens with zero attached hydrogens (tertiary/aromatic N) is 3. The van der Waals surface area contributed by atoms with Gasteiger partial charge in [0.05, 0.1) is 6.54 Å². The molecule has 2 fully saturated rings. The van der Waals surface area contributed by atoms with E-state index in [-0.39, 0.29) is 12.6 Å². The molecule has 6 heteroatoms. The van der Waals surface area contributed by atoms with Crippen LogP contribution in [-0.2, 0) is 4.79 Å². The third kappa shape index (κ3) is 4.45. The lowest BCUT2D eigenvalue weighted by Gasteiger charge is -2.44. The van der Waals surface area contributed by atoms with Crippen LogP contribution in [0, 0.1) is 12.8 Å². The second kappa shape index (κ2) is 8.05. The highest BCUT2D eigenvalue weighted by Crippen LogP contribution is 2.34. The van der Waals surface area contributed by atoms with Gasteiger partial charge in [-0.25, -0.2) is 4.98 Å². The molecule has 2 aliphatic rings. The van der Waals surface area contributed by atoms with Crippen molar-refractivity contribution >= 4 is 5.97 Å². The first kappa shape index (κ1) is 19.2. The van der Waals surface area contributed by atoms with Gasteiger partial charge in [0.15, 0.2) is 0 Å². The molecule has 2 saturated carbocycles. The number of aryl methyl sites for hydroxylation is 1. The molecule has 2 aromatic rings. The maximum atomic E-state index is 11.2. The average Bonchev–Trinajstić information content (AvgIpc) is 3.34. The van der Waals surface area contributed by atoms with Crippen LogP contribution in [-0.4, -0.2) is 50.7 Å². The second-order valence-corrected chi connectivity index (χ2v) is 8.41. The van der Waals surface area contributed by atoms with Gasteiger partial charge in [0.25, 0.3) is 0 Å². The standard InChI is InChI=1S/C22H30N4O2/c1-15(18-5-7-20(8-6-18)26-10-9-23-16(26)2)24-19-11-21(12-19)25(14-22(27)28)13-17-3-4-17/h5-10,15,17,19,21,24H,3-4,11-14H2,1-2H3,(H,27,28). The Labute approximate surface area is 166 Å². The summed E-state index contributed by atoms with van der Waals surface area (Å²) in [6.45, 7) is 5.33. The molecule has 1 aromatic carbocycles. The Hall–Kier alpha value is -2.18. The molecule has 0 saturated heterocycles. The zero-order valence-corrected chi connectivity index (χ0v) is 16.7. The van der Waals surface area contributed by atoms with Gasteiger partial charge in [0.2, 0.25) is 0 Å². The van der Waals surface area contributed by atoms with Crippen molar-refractivity contribution in [3.05, 3.63) is 48.0 Å². The Kier molecular flexibility index (Phi) is 5.51. The number of aliphatic carboxylic acids is 1. The summed E-state index contributed by atoms with van der Waals surface area (Å²) in [5, 5.41) is 12.9. The van der Waals surface area contributed by atoms with Gasteiger partial charge in [-0.2, -0.15) is 0 Å². The third-order valence-corrected chi connectivity index (χ3v) is 6.14. The largest absolute Gasteiger partial charge is 0.480 e. The van der Waals surface area contributed by atoms with Gasteiger partial charge < -0.3 is 15.0 Å². The fourth-order valence-electron chi connectivity index (χ4n) is 4.19. The third-order valence-electron chi connectivity index (χ3n) is 6.14. The van der Waals surface area contributed by atoms with Crippen LogP contribution in [0.15, 0.2) is 36.7 Å². The number of carboxylic acid groups (broad SMARTS) is 1. The molecule has 4 rings (SSSR count). The van der Waals surface area contributed by atoms with E-state index in [9.17, 15) is 9.90 Å². The van der Waals surface area contributed by atoms with E-state index in [0.29, 0.717) is 12.1 Å². The first-order chi connectivity index (χ1) is 13.5.